The summed E-state index contributed by atoms with van der Waals surface area (Å²) in [6, 6.07) is 0. The number of rotatable bonds is 1. The summed E-state index contributed by atoms with van der Waals surface area (Å²) in [5, 5.41) is 6.03. The van der Waals surface area contributed by atoms with E-state index < -0.39 is 0 Å². The summed E-state index contributed by atoms with van der Waals surface area (Å²) >= 11 is 0. The predicted molar refractivity (Wildman–Crippen MR) is 11.1 cm³/mol. The smallest absolute Gasteiger partial charge is 0.0435 e. The van der Waals surface area contributed by atoms with Gasteiger partial charge in [0.25, 0.3) is 0 Å². The molecule has 0 aromatic rings. The number of hydrogen-bond acceptors (Lipinski definition) is 2. The van der Waals surface area contributed by atoms with Gasteiger partial charge in [0.05, 0.1) is 0 Å². The first kappa shape index (κ1) is 4.13. The van der Waals surface area contributed by atoms with Crippen LogP contribution < -0.4 is 0 Å². The molecular weight excluding hydrogens is 75.0 g/mol. The fraction of sp³-hybridized carbons (Fsp3) is 0. The van der Waals surface area contributed by atoms with Crippen molar-refractivity contribution in [3.05, 3.63) is 0 Å². The molecule has 0 aliphatic rings. The Bertz CT molecular complexity index is 45.6. The average Bonchev–Trinajstić information content (AvgIpc) is 1.41. The molecule has 0 aromatic carbocycles. The van der Waals surface area contributed by atoms with Crippen LogP contribution in [0.2, 0.25) is 0 Å². The standard InChI is InChI=1S/FHN4/c1-3-5-4-2/h2H/b4-2?,5-3+. The Morgan fingerprint density at radius 1 is 1.60 bits per heavy atom. The number of nitrogens with zero attached hydrogens (tertiary/aromatic N) is 3. The highest BCUT2D eigenvalue weighted by molar-refractivity contribution is 3.81. The minimum absolute atomic E-state index is 1.62. The second kappa shape index (κ2) is 3.13. The van der Waals surface area contributed by atoms with Crippen LogP contribution in [0.3, 0.4) is 0 Å². The first-order chi connectivity index (χ1) is 2.41. The molecule has 5 heavy (non-hydrogen) atoms. The molecule has 0 rings (SSSR count). The van der Waals surface area contributed by atoms with Gasteiger partial charge in [0.1, 0.15) is 0 Å². The summed E-state index contributed by atoms with van der Waals surface area (Å²) in [4.78, 5) is 0. The molecule has 28 valence electrons. The summed E-state index contributed by atoms with van der Waals surface area (Å²) in [7, 11) is 0. The molecule has 0 saturated heterocycles. The van der Waals surface area contributed by atoms with E-state index in [4.69, 9.17) is 5.53 Å². The van der Waals surface area contributed by atoms with Gasteiger partial charge < -0.3 is 0 Å². The van der Waals surface area contributed by atoms with Gasteiger partial charge in [-0.3, -0.25) is 0 Å². The normalized spacial score (nSPS) is 9.00. The Morgan fingerprint density at radius 2 is 2.20 bits per heavy atom. The quantitative estimate of drug-likeness (QED) is 0.361. The molecule has 0 aromatic heterocycles. The molecule has 5 heteroatoms. The van der Waals surface area contributed by atoms with Crippen molar-refractivity contribution in [2.45, 2.75) is 0 Å². The highest BCUT2D eigenvalue weighted by Gasteiger charge is 1.48. The van der Waals surface area contributed by atoms with E-state index >= 15 is 0 Å². The molecule has 0 unspecified atom stereocenters. The van der Waals surface area contributed by atoms with Gasteiger partial charge in [-0.2, -0.15) is 5.53 Å². The lowest BCUT2D eigenvalue weighted by Crippen LogP contribution is -1.29. The van der Waals surface area contributed by atoms with Crippen LogP contribution in [0.25, 0.3) is 0 Å². The zero-order valence-corrected chi connectivity index (χ0v) is 2.22. The van der Waals surface area contributed by atoms with E-state index in [-0.39, 0.29) is 0 Å². The summed E-state index contributed by atoms with van der Waals surface area (Å²) in [5.74, 6) is 0. The van der Waals surface area contributed by atoms with Gasteiger partial charge >= 0.3 is 0 Å². The van der Waals surface area contributed by atoms with Crippen LogP contribution >= 0.6 is 0 Å². The Hall–Kier alpha value is -0.870. The zero-order chi connectivity index (χ0) is 4.12. The van der Waals surface area contributed by atoms with Crippen LogP contribution in [0.1, 0.15) is 0 Å². The molecule has 0 bridgehead atoms. The fourth-order valence-electron chi connectivity index (χ4n) is 0.0169. The molecule has 0 saturated carbocycles. The van der Waals surface area contributed by atoms with Gasteiger partial charge in [0, 0.05) is 10.6 Å². The lowest BCUT2D eigenvalue weighted by molar-refractivity contribution is 0.474. The number of nitrogens with one attached hydrogen (secondary N) is 1. The van der Waals surface area contributed by atoms with Gasteiger partial charge in [-0.25, -0.2) is 0 Å². The molecule has 0 radical (unpaired) electrons. The summed E-state index contributed by atoms with van der Waals surface area (Å²) in [5.41, 5.74) is 5.73. The van der Waals surface area contributed by atoms with Crippen molar-refractivity contribution in [2.24, 2.45) is 15.8 Å². The third kappa shape index (κ3) is 3.13. The Balaban J connectivity index is 2.92. The predicted octanol–water partition coefficient (Wildman–Crippen LogP) is 1.27. The van der Waals surface area contributed by atoms with Crippen LogP contribution in [0.15, 0.2) is 15.8 Å². The summed E-state index contributed by atoms with van der Waals surface area (Å²) in [6.45, 7) is 0. The molecule has 4 nitrogen and oxygen atoms in total. The van der Waals surface area contributed by atoms with E-state index in [1.807, 2.05) is 0 Å². The van der Waals surface area contributed by atoms with Gasteiger partial charge in [-0.1, -0.05) is 4.48 Å². The van der Waals surface area contributed by atoms with E-state index in [9.17, 15) is 4.48 Å². The second-order valence-electron chi connectivity index (χ2n) is 0.265. The average molecular weight is 76.0 g/mol. The van der Waals surface area contributed by atoms with Crippen LogP contribution in [0.5, 0.6) is 0 Å². The monoisotopic (exact) mass is 76.0 g/mol. The maximum atomic E-state index is 10.2. The fourth-order valence-corrected chi connectivity index (χ4v) is 0.0169. The lowest BCUT2D eigenvalue weighted by Gasteiger charge is -1.50. The number of hydrogen-bond donors (Lipinski definition) is 1. The molecule has 0 heterocycles. The lowest BCUT2D eigenvalue weighted by atomic mass is 12.6. The van der Waals surface area contributed by atoms with Crippen LogP contribution in [-0.4, -0.2) is 0 Å². The first-order valence-electron chi connectivity index (χ1n) is 0.793. The zero-order valence-electron chi connectivity index (χ0n) is 2.22. The largest absolute Gasteiger partial charge is 0.183 e. The van der Waals surface area contributed by atoms with Crippen molar-refractivity contribution in [1.29, 1.82) is 5.53 Å². The van der Waals surface area contributed by atoms with E-state index in [0.717, 1.165) is 0 Å². The van der Waals surface area contributed by atoms with Crippen LogP contribution in [-0.2, 0) is 0 Å². The van der Waals surface area contributed by atoms with Crippen LogP contribution in [0.4, 0.5) is 4.48 Å². The van der Waals surface area contributed by atoms with Crippen molar-refractivity contribution < 1.29 is 4.48 Å². The number of halogens is 1. The van der Waals surface area contributed by atoms with E-state index in [2.05, 4.69) is 10.4 Å². The minimum atomic E-state index is 1.62. The molecule has 0 aliphatic heterocycles. The van der Waals surface area contributed by atoms with Crippen molar-refractivity contribution in [2.75, 3.05) is 0 Å². The minimum Gasteiger partial charge on any atom is -0.183 e. The molecule has 0 amide bonds. The Kier molecular flexibility index (Phi) is 2.59. The SMILES string of the molecule is N=N/N=N/F. The topological polar surface area (TPSA) is 60.9 Å². The Labute approximate surface area is 27.1 Å². The van der Waals surface area contributed by atoms with Crippen LogP contribution in [0, 0.1) is 5.53 Å². The van der Waals surface area contributed by atoms with E-state index in [1.165, 1.54) is 0 Å². The van der Waals surface area contributed by atoms with Crippen molar-refractivity contribution in [3.63, 3.8) is 0 Å². The van der Waals surface area contributed by atoms with Gasteiger partial charge in [0.2, 0.25) is 0 Å². The van der Waals surface area contributed by atoms with E-state index in [1.54, 1.807) is 5.34 Å². The molecule has 0 atom stereocenters. The third-order valence-corrected chi connectivity index (χ3v) is 0.0785. The highest BCUT2D eigenvalue weighted by atomic mass is 19.2. The molecule has 0 fully saturated rings. The van der Waals surface area contributed by atoms with Gasteiger partial charge in [-0.15, -0.1) is 0 Å². The summed E-state index contributed by atoms with van der Waals surface area (Å²) in [6.07, 6.45) is 0. The highest BCUT2D eigenvalue weighted by Crippen LogP contribution is 1.70. The van der Waals surface area contributed by atoms with Gasteiger partial charge in [0.15, 0.2) is 0 Å². The maximum Gasteiger partial charge on any atom is 0.0435 e. The molecule has 0 aliphatic carbocycles. The third-order valence-electron chi connectivity index (χ3n) is 0.0785. The summed E-state index contributed by atoms with van der Waals surface area (Å²) < 4.78 is 10.2. The van der Waals surface area contributed by atoms with Gasteiger partial charge in [-0.05, 0) is 5.22 Å². The van der Waals surface area contributed by atoms with Crippen molar-refractivity contribution >= 4 is 0 Å². The first-order valence-corrected chi connectivity index (χ1v) is 0.793. The Morgan fingerprint density at radius 3 is 2.20 bits per heavy atom. The molecular formula is HFN4. The van der Waals surface area contributed by atoms with Crippen molar-refractivity contribution in [3.8, 4) is 0 Å². The molecule has 1 N–H and O–H groups in total. The second-order valence-corrected chi connectivity index (χ2v) is 0.265. The van der Waals surface area contributed by atoms with E-state index in [0.29, 0.717) is 0 Å². The maximum absolute atomic E-state index is 10.2. The van der Waals surface area contributed by atoms with Crippen molar-refractivity contribution in [1.82, 2.24) is 0 Å². The molecule has 0 spiro atoms.